The lowest BCUT2D eigenvalue weighted by Crippen LogP contribution is -2.37. The molecular formula is C19H15N2O2+. The van der Waals surface area contributed by atoms with E-state index in [0.29, 0.717) is 16.7 Å². The van der Waals surface area contributed by atoms with Gasteiger partial charge in [0.2, 0.25) is 12.3 Å². The number of aromatic nitrogens is 2. The smallest absolute Gasteiger partial charge is 0.227 e. The number of carbonyl (C=O) groups excluding carboxylic acids is 2. The number of hydrogen-bond acceptors (Lipinski definition) is 3. The number of Topliss-reactive ketones (excluding diaryl/α,β-unsaturated/α-hetero) is 1. The fourth-order valence-corrected chi connectivity index (χ4v) is 2.30. The van der Waals surface area contributed by atoms with Gasteiger partial charge in [-0.2, -0.15) is 4.57 Å². The molecule has 1 heterocycles. The van der Waals surface area contributed by atoms with Crippen LogP contribution < -0.4 is 4.57 Å². The van der Waals surface area contributed by atoms with Gasteiger partial charge in [-0.15, -0.1) is 0 Å². The summed E-state index contributed by atoms with van der Waals surface area (Å²) in [6.07, 6.45) is 6.72. The molecule has 2 aromatic carbocycles. The fraction of sp³-hybridized carbons (Fsp3) is 0.0526. The summed E-state index contributed by atoms with van der Waals surface area (Å²) in [6, 6.07) is 15.9. The minimum atomic E-state index is -0.0863. The van der Waals surface area contributed by atoms with Gasteiger partial charge in [-0.1, -0.05) is 48.5 Å². The predicted octanol–water partition coefficient (Wildman–Crippen LogP) is 2.48. The van der Waals surface area contributed by atoms with Crippen molar-refractivity contribution in [2.75, 3.05) is 0 Å². The van der Waals surface area contributed by atoms with E-state index >= 15 is 0 Å². The molecule has 0 saturated heterocycles. The van der Waals surface area contributed by atoms with Gasteiger partial charge in [-0.25, -0.2) is 0 Å². The Labute approximate surface area is 134 Å². The Balaban J connectivity index is 1.82. The molecule has 0 aliphatic carbocycles. The van der Waals surface area contributed by atoms with Crippen LogP contribution in [0.1, 0.15) is 26.3 Å². The van der Waals surface area contributed by atoms with Gasteiger partial charge in [0.1, 0.15) is 0 Å². The Morgan fingerprint density at radius 2 is 1.48 bits per heavy atom. The lowest BCUT2D eigenvalue weighted by atomic mass is 10.00. The van der Waals surface area contributed by atoms with Crippen LogP contribution in [0.25, 0.3) is 0 Å². The molecule has 4 heteroatoms. The number of carbonyl (C=O) groups is 2. The van der Waals surface area contributed by atoms with Gasteiger partial charge >= 0.3 is 0 Å². The second-order valence-corrected chi connectivity index (χ2v) is 5.12. The summed E-state index contributed by atoms with van der Waals surface area (Å²) < 4.78 is 1.75. The Morgan fingerprint density at radius 1 is 0.826 bits per heavy atom. The summed E-state index contributed by atoms with van der Waals surface area (Å²) in [4.78, 5) is 28.7. The largest absolute Gasteiger partial charge is 0.289 e. The molecule has 0 radical (unpaired) electrons. The molecular weight excluding hydrogens is 288 g/mol. The van der Waals surface area contributed by atoms with Crippen LogP contribution in [0, 0.1) is 0 Å². The first kappa shape index (κ1) is 14.8. The van der Waals surface area contributed by atoms with Crippen molar-refractivity contribution in [2.24, 2.45) is 0 Å². The van der Waals surface area contributed by atoms with E-state index in [4.69, 9.17) is 0 Å². The van der Waals surface area contributed by atoms with E-state index in [1.165, 1.54) is 0 Å². The zero-order valence-corrected chi connectivity index (χ0v) is 12.4. The summed E-state index contributed by atoms with van der Waals surface area (Å²) in [5.74, 6) is -0.138. The van der Waals surface area contributed by atoms with Gasteiger partial charge < -0.3 is 0 Å². The Morgan fingerprint density at radius 3 is 2.22 bits per heavy atom. The SMILES string of the molecule is O=C(C[n+]1ccncc1)c1cccc(C(=O)c2ccccc2)c1. The van der Waals surface area contributed by atoms with Crippen molar-refractivity contribution in [3.05, 3.63) is 96.1 Å². The molecule has 23 heavy (non-hydrogen) atoms. The van der Waals surface area contributed by atoms with Crippen molar-refractivity contribution >= 4 is 11.6 Å². The quantitative estimate of drug-likeness (QED) is 0.537. The highest BCUT2D eigenvalue weighted by atomic mass is 16.1. The lowest BCUT2D eigenvalue weighted by Gasteiger charge is -2.03. The van der Waals surface area contributed by atoms with Gasteiger partial charge in [0, 0.05) is 16.7 Å². The summed E-state index contributed by atoms with van der Waals surface area (Å²) in [5.41, 5.74) is 1.65. The molecule has 1 aromatic heterocycles. The molecule has 0 fully saturated rings. The van der Waals surface area contributed by atoms with Crippen molar-refractivity contribution in [3.8, 4) is 0 Å². The van der Waals surface area contributed by atoms with Crippen LogP contribution in [0.3, 0.4) is 0 Å². The molecule has 0 amide bonds. The number of rotatable bonds is 5. The van der Waals surface area contributed by atoms with Crippen LogP contribution in [0.4, 0.5) is 0 Å². The number of hydrogen-bond donors (Lipinski definition) is 0. The molecule has 112 valence electrons. The maximum Gasteiger partial charge on any atom is 0.227 e. The maximum absolute atomic E-state index is 12.5. The van der Waals surface area contributed by atoms with E-state index in [2.05, 4.69) is 4.98 Å². The van der Waals surface area contributed by atoms with Crippen LogP contribution in [0.2, 0.25) is 0 Å². The molecule has 0 aliphatic rings. The average Bonchev–Trinajstić information content (AvgIpc) is 2.63. The van der Waals surface area contributed by atoms with Gasteiger partial charge in [0.25, 0.3) is 0 Å². The van der Waals surface area contributed by atoms with E-state index in [-0.39, 0.29) is 18.1 Å². The van der Waals surface area contributed by atoms with Crippen LogP contribution in [0.15, 0.2) is 79.4 Å². The first-order valence-electron chi connectivity index (χ1n) is 7.26. The van der Waals surface area contributed by atoms with Crippen LogP contribution in [-0.2, 0) is 6.54 Å². The Kier molecular flexibility index (Phi) is 4.34. The molecule has 0 bridgehead atoms. The second kappa shape index (κ2) is 6.75. The normalized spacial score (nSPS) is 10.3. The van der Waals surface area contributed by atoms with Gasteiger partial charge in [-0.05, 0) is 6.07 Å². The molecule has 0 N–H and O–H groups in total. The highest BCUT2D eigenvalue weighted by Crippen LogP contribution is 2.12. The van der Waals surface area contributed by atoms with Crippen molar-refractivity contribution in [3.63, 3.8) is 0 Å². The minimum Gasteiger partial charge on any atom is -0.289 e. The van der Waals surface area contributed by atoms with Crippen LogP contribution in [0.5, 0.6) is 0 Å². The first-order chi connectivity index (χ1) is 11.2. The van der Waals surface area contributed by atoms with Crippen LogP contribution in [-0.4, -0.2) is 16.6 Å². The van der Waals surface area contributed by atoms with Crippen molar-refractivity contribution < 1.29 is 14.2 Å². The lowest BCUT2D eigenvalue weighted by molar-refractivity contribution is -0.683. The van der Waals surface area contributed by atoms with E-state index in [9.17, 15) is 9.59 Å². The topological polar surface area (TPSA) is 50.9 Å². The summed E-state index contributed by atoms with van der Waals surface area (Å²) in [6.45, 7) is 0.214. The standard InChI is InChI=1S/C19H15N2O2/c22-18(14-21-11-9-20-10-12-21)16-7-4-8-17(13-16)19(23)15-5-2-1-3-6-15/h1-13H,14H2/q+1. The second-order valence-electron chi connectivity index (χ2n) is 5.12. The molecule has 0 saturated carbocycles. The summed E-state index contributed by atoms with van der Waals surface area (Å²) in [7, 11) is 0. The highest BCUT2D eigenvalue weighted by molar-refractivity contribution is 6.10. The zero-order chi connectivity index (χ0) is 16.1. The van der Waals surface area contributed by atoms with E-state index in [0.717, 1.165) is 0 Å². The molecule has 3 aromatic rings. The van der Waals surface area contributed by atoms with E-state index in [1.54, 1.807) is 65.8 Å². The third-order valence-electron chi connectivity index (χ3n) is 3.50. The Bertz CT molecular complexity index is 830. The van der Waals surface area contributed by atoms with Gasteiger partial charge in [0.15, 0.2) is 18.2 Å². The third kappa shape index (κ3) is 3.55. The Hall–Kier alpha value is -3.14. The minimum absolute atomic E-state index is 0.0519. The van der Waals surface area contributed by atoms with Gasteiger partial charge in [-0.3, -0.25) is 14.6 Å². The monoisotopic (exact) mass is 303 g/mol. The maximum atomic E-state index is 12.5. The van der Waals surface area contributed by atoms with Crippen molar-refractivity contribution in [2.45, 2.75) is 6.54 Å². The molecule has 0 unspecified atom stereocenters. The van der Waals surface area contributed by atoms with Gasteiger partial charge in [0.05, 0.1) is 12.4 Å². The molecule has 0 atom stereocenters. The summed E-state index contributed by atoms with van der Waals surface area (Å²) in [5, 5.41) is 0. The molecule has 0 spiro atoms. The number of benzene rings is 2. The molecule has 3 rings (SSSR count). The molecule has 4 nitrogen and oxygen atoms in total. The van der Waals surface area contributed by atoms with Crippen LogP contribution >= 0.6 is 0 Å². The molecule has 0 aliphatic heterocycles. The summed E-state index contributed by atoms with van der Waals surface area (Å²) >= 11 is 0. The van der Waals surface area contributed by atoms with Crippen molar-refractivity contribution in [1.29, 1.82) is 0 Å². The van der Waals surface area contributed by atoms with Crippen molar-refractivity contribution in [1.82, 2.24) is 4.98 Å². The number of nitrogens with zero attached hydrogens (tertiary/aromatic N) is 2. The fourth-order valence-electron chi connectivity index (χ4n) is 2.30. The zero-order valence-electron chi connectivity index (χ0n) is 12.4. The highest BCUT2D eigenvalue weighted by Gasteiger charge is 2.15. The predicted molar refractivity (Wildman–Crippen MR) is 85.1 cm³/mol. The third-order valence-corrected chi connectivity index (χ3v) is 3.50. The number of ketones is 2. The first-order valence-corrected chi connectivity index (χ1v) is 7.26. The van der Waals surface area contributed by atoms with E-state index in [1.807, 2.05) is 18.2 Å². The average molecular weight is 303 g/mol. The van der Waals surface area contributed by atoms with E-state index < -0.39 is 0 Å².